The second-order valence-electron chi connectivity index (χ2n) is 6.44. The minimum absolute atomic E-state index is 0.0148. The lowest BCUT2D eigenvalue weighted by atomic mass is 9.85. The summed E-state index contributed by atoms with van der Waals surface area (Å²) in [7, 11) is 0. The summed E-state index contributed by atoms with van der Waals surface area (Å²) in [6, 6.07) is 20.7. The Labute approximate surface area is 139 Å². The number of benzene rings is 2. The van der Waals surface area contributed by atoms with Crippen LogP contribution in [0.3, 0.4) is 0 Å². The van der Waals surface area contributed by atoms with Gasteiger partial charge in [0.1, 0.15) is 0 Å². The van der Waals surface area contributed by atoms with Crippen LogP contribution in [-0.4, -0.2) is 18.5 Å². The molecule has 23 heavy (non-hydrogen) atoms. The largest absolute Gasteiger partial charge is 0.345 e. The standard InChI is InChI=1S/C20H26N2O/c1-16(2)21-15-19(23)22-20(3,18-12-8-5-9-13-18)14-17-10-6-4-7-11-17/h4-13,16,21H,14-15H2,1-3H3,(H,22,23). The Hall–Kier alpha value is -2.13. The van der Waals surface area contributed by atoms with Crippen molar-refractivity contribution in [3.8, 4) is 0 Å². The smallest absolute Gasteiger partial charge is 0.234 e. The number of carbonyl (C=O) groups excluding carboxylic acids is 1. The van der Waals surface area contributed by atoms with Crippen molar-refractivity contribution < 1.29 is 4.79 Å². The first-order valence-corrected chi connectivity index (χ1v) is 8.13. The molecule has 122 valence electrons. The van der Waals surface area contributed by atoms with Gasteiger partial charge in [-0.05, 0) is 24.5 Å². The molecule has 2 aromatic carbocycles. The molecular formula is C20H26N2O. The second kappa shape index (κ2) is 7.93. The van der Waals surface area contributed by atoms with Gasteiger partial charge in [-0.25, -0.2) is 0 Å². The summed E-state index contributed by atoms with van der Waals surface area (Å²) < 4.78 is 0. The average Bonchev–Trinajstić information content (AvgIpc) is 2.54. The van der Waals surface area contributed by atoms with Crippen molar-refractivity contribution in [2.24, 2.45) is 0 Å². The number of amides is 1. The summed E-state index contributed by atoms with van der Waals surface area (Å²) in [6.07, 6.45) is 0.755. The molecule has 1 amide bonds. The fraction of sp³-hybridized carbons (Fsp3) is 0.350. The molecule has 0 heterocycles. The molecule has 0 bridgehead atoms. The van der Waals surface area contributed by atoms with Crippen molar-refractivity contribution >= 4 is 5.91 Å². The summed E-state index contributed by atoms with van der Waals surface area (Å²) in [5.41, 5.74) is 1.89. The lowest BCUT2D eigenvalue weighted by Gasteiger charge is -2.32. The highest BCUT2D eigenvalue weighted by atomic mass is 16.2. The van der Waals surface area contributed by atoms with Crippen LogP contribution >= 0.6 is 0 Å². The van der Waals surface area contributed by atoms with E-state index in [4.69, 9.17) is 0 Å². The topological polar surface area (TPSA) is 41.1 Å². The van der Waals surface area contributed by atoms with Crippen LogP contribution in [-0.2, 0) is 16.8 Å². The van der Waals surface area contributed by atoms with E-state index in [9.17, 15) is 4.79 Å². The molecule has 2 rings (SSSR count). The van der Waals surface area contributed by atoms with Gasteiger partial charge in [0.15, 0.2) is 0 Å². The van der Waals surface area contributed by atoms with Crippen LogP contribution in [0.5, 0.6) is 0 Å². The molecule has 0 aliphatic carbocycles. The van der Waals surface area contributed by atoms with Crippen molar-refractivity contribution in [3.63, 3.8) is 0 Å². The Morgan fingerprint density at radius 3 is 2.13 bits per heavy atom. The third-order valence-electron chi connectivity index (χ3n) is 3.90. The molecule has 0 saturated heterocycles. The molecule has 0 aromatic heterocycles. The van der Waals surface area contributed by atoms with Gasteiger partial charge in [0, 0.05) is 6.04 Å². The first-order chi connectivity index (χ1) is 11.0. The van der Waals surface area contributed by atoms with E-state index >= 15 is 0 Å². The SMILES string of the molecule is CC(C)NCC(=O)NC(C)(Cc1ccccc1)c1ccccc1. The van der Waals surface area contributed by atoms with Crippen LogP contribution < -0.4 is 10.6 Å². The molecule has 0 spiro atoms. The lowest BCUT2D eigenvalue weighted by Crippen LogP contribution is -2.48. The Bertz CT molecular complexity index is 610. The van der Waals surface area contributed by atoms with Crippen molar-refractivity contribution in [3.05, 3.63) is 71.8 Å². The Morgan fingerprint density at radius 2 is 1.57 bits per heavy atom. The number of carbonyl (C=O) groups is 1. The van der Waals surface area contributed by atoms with Crippen molar-refractivity contribution in [2.75, 3.05) is 6.54 Å². The maximum atomic E-state index is 12.4. The Balaban J connectivity index is 2.19. The number of hydrogen-bond donors (Lipinski definition) is 2. The zero-order valence-corrected chi connectivity index (χ0v) is 14.2. The van der Waals surface area contributed by atoms with Gasteiger partial charge in [-0.15, -0.1) is 0 Å². The quantitative estimate of drug-likeness (QED) is 0.824. The summed E-state index contributed by atoms with van der Waals surface area (Å²) in [5.74, 6) is 0.0148. The normalized spacial score (nSPS) is 13.6. The monoisotopic (exact) mass is 310 g/mol. The third kappa shape index (κ3) is 5.22. The highest BCUT2D eigenvalue weighted by molar-refractivity contribution is 5.79. The molecule has 0 radical (unpaired) electrons. The first kappa shape index (κ1) is 17.2. The molecule has 3 heteroatoms. The molecule has 2 N–H and O–H groups in total. The highest BCUT2D eigenvalue weighted by Gasteiger charge is 2.28. The van der Waals surface area contributed by atoms with Gasteiger partial charge in [-0.2, -0.15) is 0 Å². The Kier molecular flexibility index (Phi) is 5.94. The molecule has 2 aromatic rings. The van der Waals surface area contributed by atoms with E-state index in [-0.39, 0.29) is 11.9 Å². The van der Waals surface area contributed by atoms with Gasteiger partial charge >= 0.3 is 0 Å². The summed E-state index contributed by atoms with van der Waals surface area (Å²) in [4.78, 5) is 12.4. The van der Waals surface area contributed by atoms with Gasteiger partial charge in [0.05, 0.1) is 12.1 Å². The van der Waals surface area contributed by atoms with Crippen LogP contribution in [0.4, 0.5) is 0 Å². The zero-order valence-electron chi connectivity index (χ0n) is 14.2. The number of hydrogen-bond acceptors (Lipinski definition) is 2. The van der Waals surface area contributed by atoms with Crippen LogP contribution in [0.2, 0.25) is 0 Å². The molecule has 0 saturated carbocycles. The molecular weight excluding hydrogens is 284 g/mol. The summed E-state index contributed by atoms with van der Waals surface area (Å²) >= 11 is 0. The third-order valence-corrected chi connectivity index (χ3v) is 3.90. The van der Waals surface area contributed by atoms with Crippen molar-refractivity contribution in [2.45, 2.75) is 38.8 Å². The van der Waals surface area contributed by atoms with Crippen LogP contribution in [0.15, 0.2) is 60.7 Å². The van der Waals surface area contributed by atoms with E-state index in [1.807, 2.05) is 50.2 Å². The highest BCUT2D eigenvalue weighted by Crippen LogP contribution is 2.25. The summed E-state index contributed by atoms with van der Waals surface area (Å²) in [6.45, 7) is 6.48. The molecule has 3 nitrogen and oxygen atoms in total. The number of nitrogens with one attached hydrogen (secondary N) is 2. The maximum absolute atomic E-state index is 12.4. The summed E-state index contributed by atoms with van der Waals surface area (Å²) in [5, 5.41) is 6.38. The number of rotatable bonds is 7. The van der Waals surface area contributed by atoms with Gasteiger partial charge in [-0.1, -0.05) is 74.5 Å². The van der Waals surface area contributed by atoms with Crippen LogP contribution in [0.1, 0.15) is 31.9 Å². The fourth-order valence-electron chi connectivity index (χ4n) is 2.68. The Morgan fingerprint density at radius 1 is 1.00 bits per heavy atom. The second-order valence-corrected chi connectivity index (χ2v) is 6.44. The molecule has 0 fully saturated rings. The van der Waals surface area contributed by atoms with E-state index in [1.165, 1.54) is 5.56 Å². The minimum Gasteiger partial charge on any atom is -0.345 e. The average molecular weight is 310 g/mol. The fourth-order valence-corrected chi connectivity index (χ4v) is 2.68. The van der Waals surface area contributed by atoms with E-state index in [1.54, 1.807) is 0 Å². The van der Waals surface area contributed by atoms with E-state index in [0.717, 1.165) is 12.0 Å². The maximum Gasteiger partial charge on any atom is 0.234 e. The van der Waals surface area contributed by atoms with Gasteiger partial charge in [0.25, 0.3) is 0 Å². The minimum atomic E-state index is -0.432. The van der Waals surface area contributed by atoms with Gasteiger partial charge in [-0.3, -0.25) is 4.79 Å². The van der Waals surface area contributed by atoms with Crippen LogP contribution in [0, 0.1) is 0 Å². The van der Waals surface area contributed by atoms with E-state index in [2.05, 4.69) is 41.8 Å². The van der Waals surface area contributed by atoms with Gasteiger partial charge in [0.2, 0.25) is 5.91 Å². The molecule has 1 unspecified atom stereocenters. The lowest BCUT2D eigenvalue weighted by molar-refractivity contribution is -0.122. The van der Waals surface area contributed by atoms with Gasteiger partial charge < -0.3 is 10.6 Å². The van der Waals surface area contributed by atoms with Crippen molar-refractivity contribution in [1.29, 1.82) is 0 Å². The predicted molar refractivity (Wildman–Crippen MR) is 95.2 cm³/mol. The molecule has 1 atom stereocenters. The molecule has 0 aliphatic heterocycles. The van der Waals surface area contributed by atoms with E-state index in [0.29, 0.717) is 6.54 Å². The first-order valence-electron chi connectivity index (χ1n) is 8.13. The zero-order chi connectivity index (χ0) is 16.7. The predicted octanol–water partition coefficient (Wildman–Crippen LogP) is 3.26. The molecule has 0 aliphatic rings. The van der Waals surface area contributed by atoms with E-state index < -0.39 is 5.54 Å². The van der Waals surface area contributed by atoms with Crippen molar-refractivity contribution in [1.82, 2.24) is 10.6 Å². The van der Waals surface area contributed by atoms with Crippen LogP contribution in [0.25, 0.3) is 0 Å².